The third-order valence-electron chi connectivity index (χ3n) is 5.76. The van der Waals surface area contributed by atoms with Gasteiger partial charge in [-0.15, -0.1) is 0 Å². The van der Waals surface area contributed by atoms with Crippen LogP contribution < -0.4 is 5.73 Å². The second-order valence-corrected chi connectivity index (χ2v) is 7.95. The number of aliphatic hydroxyl groups is 1. The van der Waals surface area contributed by atoms with Crippen LogP contribution in [0.25, 0.3) is 28.0 Å². The van der Waals surface area contributed by atoms with Crippen LogP contribution in [0.5, 0.6) is 0 Å². The van der Waals surface area contributed by atoms with Crippen LogP contribution in [0.2, 0.25) is 0 Å². The van der Waals surface area contributed by atoms with E-state index >= 15 is 0 Å². The molecule has 1 aliphatic carbocycles. The Bertz CT molecular complexity index is 1280. The first kappa shape index (κ1) is 20.5. The highest BCUT2D eigenvalue weighted by Crippen LogP contribution is 2.36. The lowest BCUT2D eigenvalue weighted by atomic mass is 9.76. The number of aromatic nitrogens is 5. The first-order valence-corrected chi connectivity index (χ1v) is 10.1. The molecule has 0 saturated heterocycles. The Morgan fingerprint density at radius 3 is 2.62 bits per heavy atom. The van der Waals surface area contributed by atoms with Crippen LogP contribution >= 0.6 is 0 Å². The van der Waals surface area contributed by atoms with Crippen molar-refractivity contribution in [2.75, 3.05) is 0 Å². The van der Waals surface area contributed by atoms with E-state index < -0.39 is 11.9 Å². The fourth-order valence-electron chi connectivity index (χ4n) is 3.90. The minimum atomic E-state index is -4.55. The first-order chi connectivity index (χ1) is 15.3. The number of benzene rings is 1. The van der Waals surface area contributed by atoms with Crippen molar-refractivity contribution in [1.29, 1.82) is 0 Å². The predicted molar refractivity (Wildman–Crippen MR) is 111 cm³/mol. The summed E-state index contributed by atoms with van der Waals surface area (Å²) >= 11 is 0. The number of halogens is 3. The summed E-state index contributed by atoms with van der Waals surface area (Å²) in [5, 5.41) is 14.5. The molecule has 3 N–H and O–H groups in total. The van der Waals surface area contributed by atoms with Gasteiger partial charge in [0, 0.05) is 10.9 Å². The van der Waals surface area contributed by atoms with Gasteiger partial charge in [0.15, 0.2) is 5.82 Å². The summed E-state index contributed by atoms with van der Waals surface area (Å²) in [5.41, 5.74) is 7.86. The molecule has 0 spiro atoms. The van der Waals surface area contributed by atoms with E-state index in [-0.39, 0.29) is 23.9 Å². The molecular formula is C22H19F3N6O. The molecule has 32 heavy (non-hydrogen) atoms. The molecular weight excluding hydrogens is 421 g/mol. The van der Waals surface area contributed by atoms with E-state index in [1.165, 1.54) is 16.8 Å². The van der Waals surface area contributed by atoms with Crippen molar-refractivity contribution in [3.8, 4) is 17.1 Å². The topological polar surface area (TPSA) is 103 Å². The zero-order valence-corrected chi connectivity index (χ0v) is 16.7. The molecule has 1 aliphatic rings. The van der Waals surface area contributed by atoms with Crippen LogP contribution in [0.4, 0.5) is 13.2 Å². The van der Waals surface area contributed by atoms with Crippen LogP contribution in [0.15, 0.2) is 55.0 Å². The van der Waals surface area contributed by atoms with Gasteiger partial charge < -0.3 is 10.8 Å². The van der Waals surface area contributed by atoms with E-state index in [1.54, 1.807) is 24.7 Å². The molecule has 1 saturated carbocycles. The molecule has 4 aromatic rings. The Morgan fingerprint density at radius 2 is 1.88 bits per heavy atom. The van der Waals surface area contributed by atoms with E-state index in [4.69, 9.17) is 5.73 Å². The second kappa shape index (κ2) is 7.64. The Labute approximate surface area is 180 Å². The zero-order valence-electron chi connectivity index (χ0n) is 16.7. The number of nitrogens with two attached hydrogens (primary N) is 1. The molecule has 7 nitrogen and oxygen atoms in total. The highest BCUT2D eigenvalue weighted by molar-refractivity contribution is 5.84. The summed E-state index contributed by atoms with van der Waals surface area (Å²) in [4.78, 5) is 12.6. The number of hydrogen-bond donors (Lipinski definition) is 2. The van der Waals surface area contributed by atoms with Gasteiger partial charge in [-0.05, 0) is 37.0 Å². The molecule has 10 heteroatoms. The summed E-state index contributed by atoms with van der Waals surface area (Å²) < 4.78 is 40.6. The van der Waals surface area contributed by atoms with Crippen LogP contribution in [-0.4, -0.2) is 35.9 Å². The van der Waals surface area contributed by atoms with Gasteiger partial charge in [-0.25, -0.2) is 14.6 Å². The lowest BCUT2D eigenvalue weighted by Gasteiger charge is -2.35. The van der Waals surface area contributed by atoms with Gasteiger partial charge in [0.1, 0.15) is 5.69 Å². The van der Waals surface area contributed by atoms with Crippen molar-refractivity contribution in [3.63, 3.8) is 0 Å². The number of nitrogens with zero attached hydrogens (tertiary/aromatic N) is 5. The summed E-state index contributed by atoms with van der Waals surface area (Å²) in [7, 11) is 0. The van der Waals surface area contributed by atoms with Crippen molar-refractivity contribution < 1.29 is 18.3 Å². The molecule has 0 bridgehead atoms. The third kappa shape index (κ3) is 3.71. The molecule has 1 unspecified atom stereocenters. The largest absolute Gasteiger partial charge is 0.433 e. The van der Waals surface area contributed by atoms with E-state index in [0.717, 1.165) is 17.0 Å². The Kier molecular flexibility index (Phi) is 4.90. The Hall–Kier alpha value is -3.37. The third-order valence-corrected chi connectivity index (χ3v) is 5.76. The van der Waals surface area contributed by atoms with E-state index in [9.17, 15) is 18.3 Å². The number of alkyl halides is 3. The van der Waals surface area contributed by atoms with E-state index in [1.807, 2.05) is 12.1 Å². The number of fused-ring (bicyclic) bond motifs is 1. The van der Waals surface area contributed by atoms with Crippen molar-refractivity contribution in [2.24, 2.45) is 11.7 Å². The van der Waals surface area contributed by atoms with E-state index in [0.29, 0.717) is 29.7 Å². The fraction of sp³-hybridized carbons (Fsp3) is 0.273. The molecule has 0 radical (unpaired) electrons. The minimum Gasteiger partial charge on any atom is -0.393 e. The lowest BCUT2D eigenvalue weighted by Crippen LogP contribution is -2.36. The molecule has 0 aliphatic heterocycles. The average molecular weight is 440 g/mol. The van der Waals surface area contributed by atoms with Gasteiger partial charge >= 0.3 is 6.18 Å². The molecule has 3 heterocycles. The molecule has 3 aromatic heterocycles. The van der Waals surface area contributed by atoms with Gasteiger partial charge in [-0.1, -0.05) is 18.2 Å². The molecule has 164 valence electrons. The van der Waals surface area contributed by atoms with Gasteiger partial charge in [0.25, 0.3) is 0 Å². The van der Waals surface area contributed by atoms with Gasteiger partial charge in [0.2, 0.25) is 0 Å². The fourth-order valence-corrected chi connectivity index (χ4v) is 3.90. The average Bonchev–Trinajstić information content (AvgIpc) is 3.19. The summed E-state index contributed by atoms with van der Waals surface area (Å²) in [6, 6.07) is 8.83. The van der Waals surface area contributed by atoms with Crippen LogP contribution in [0.1, 0.15) is 30.3 Å². The highest BCUT2D eigenvalue weighted by atomic mass is 19.4. The minimum absolute atomic E-state index is 0.0670. The van der Waals surface area contributed by atoms with Gasteiger partial charge in [-0.3, -0.25) is 4.98 Å². The predicted octanol–water partition coefficient (Wildman–Crippen LogP) is 3.67. The maximum Gasteiger partial charge on any atom is 0.433 e. The normalized spacial score (nSPS) is 19.7. The maximum atomic E-state index is 13.1. The summed E-state index contributed by atoms with van der Waals surface area (Å²) in [5.74, 6) is 0.225. The van der Waals surface area contributed by atoms with Crippen LogP contribution in [0.3, 0.4) is 0 Å². The summed E-state index contributed by atoms with van der Waals surface area (Å²) in [6.45, 7) is 0. The Balaban J connectivity index is 1.52. The number of pyridine rings is 1. The zero-order chi connectivity index (χ0) is 22.5. The second-order valence-electron chi connectivity index (χ2n) is 7.95. The molecule has 0 amide bonds. The SMILES string of the molecule is NC(c1cncc(-c2ccc3cnn(-c4cccc(C(F)(F)F)n4)c3c2)n1)[C@H]1C[C@@H](O)C1. The quantitative estimate of drug-likeness (QED) is 0.502. The van der Waals surface area contributed by atoms with Crippen molar-refractivity contribution >= 4 is 10.9 Å². The first-order valence-electron chi connectivity index (χ1n) is 10.1. The number of hydrogen-bond acceptors (Lipinski definition) is 6. The molecule has 5 rings (SSSR count). The number of rotatable bonds is 4. The smallest absolute Gasteiger partial charge is 0.393 e. The lowest BCUT2D eigenvalue weighted by molar-refractivity contribution is -0.141. The van der Waals surface area contributed by atoms with Gasteiger partial charge in [-0.2, -0.15) is 18.3 Å². The summed E-state index contributed by atoms with van der Waals surface area (Å²) in [6.07, 6.45) is 1.22. The molecule has 1 aromatic carbocycles. The van der Waals surface area contributed by atoms with Crippen LogP contribution in [-0.2, 0) is 6.18 Å². The van der Waals surface area contributed by atoms with E-state index in [2.05, 4.69) is 20.1 Å². The monoisotopic (exact) mass is 440 g/mol. The molecule has 1 atom stereocenters. The van der Waals surface area contributed by atoms with Crippen molar-refractivity contribution in [2.45, 2.75) is 31.2 Å². The van der Waals surface area contributed by atoms with Crippen molar-refractivity contribution in [1.82, 2.24) is 24.7 Å². The van der Waals surface area contributed by atoms with Crippen molar-refractivity contribution in [3.05, 3.63) is 66.4 Å². The van der Waals surface area contributed by atoms with Gasteiger partial charge in [0.05, 0.1) is 47.6 Å². The standard InChI is InChI=1S/C22H19F3N6O/c23-22(24,25)19-2-1-3-20(30-19)31-18-8-12(4-5-13(18)9-28-31)16-10-27-11-17(29-16)21(26)14-6-15(32)7-14/h1-5,8-11,14-15,21,32H,6-7,26H2/t14-,15+,21?. The number of aliphatic hydroxyl groups excluding tert-OH is 1. The Morgan fingerprint density at radius 1 is 1.06 bits per heavy atom. The molecule has 1 fully saturated rings. The van der Waals surface area contributed by atoms with Crippen LogP contribution in [0, 0.1) is 5.92 Å². The highest BCUT2D eigenvalue weighted by Gasteiger charge is 2.34. The maximum absolute atomic E-state index is 13.1.